The van der Waals surface area contributed by atoms with Gasteiger partial charge in [0.05, 0.1) is 21.4 Å². The third-order valence-electron chi connectivity index (χ3n) is 4.10. The van der Waals surface area contributed by atoms with Gasteiger partial charge < -0.3 is 5.32 Å². The van der Waals surface area contributed by atoms with Crippen LogP contribution in [-0.2, 0) is 0 Å². The van der Waals surface area contributed by atoms with E-state index in [4.69, 9.17) is 0 Å². The molecule has 0 amide bonds. The molecule has 1 unspecified atom stereocenters. The molecule has 0 aliphatic carbocycles. The van der Waals surface area contributed by atoms with E-state index in [0.29, 0.717) is 11.6 Å². The van der Waals surface area contributed by atoms with Crippen molar-refractivity contribution in [2.45, 2.75) is 23.6 Å². The number of piperidine rings is 1. The zero-order valence-electron chi connectivity index (χ0n) is 11.3. The average molecular weight is 348 g/mol. The Labute approximate surface area is 129 Å². The monoisotopic (exact) mass is 347 g/mol. The second-order valence-electron chi connectivity index (χ2n) is 5.41. The molecule has 6 nitrogen and oxygen atoms in total. The highest BCUT2D eigenvalue weighted by molar-refractivity contribution is 9.09. The van der Waals surface area contributed by atoms with Gasteiger partial charge in [-0.2, -0.15) is 10.1 Å². The Morgan fingerprint density at radius 2 is 2.14 bits per heavy atom. The minimum Gasteiger partial charge on any atom is -0.317 e. The third-order valence-corrected chi connectivity index (χ3v) is 4.77. The van der Waals surface area contributed by atoms with Crippen molar-refractivity contribution in [3.05, 3.63) is 33.0 Å². The van der Waals surface area contributed by atoms with Crippen molar-refractivity contribution in [1.82, 2.24) is 19.9 Å². The summed E-state index contributed by atoms with van der Waals surface area (Å²) in [6, 6.07) is 1.63. The zero-order chi connectivity index (χ0) is 14.4. The van der Waals surface area contributed by atoms with Crippen molar-refractivity contribution in [1.29, 1.82) is 0 Å². The maximum absolute atomic E-state index is 12.0. The molecule has 4 heterocycles. The predicted molar refractivity (Wildman–Crippen MR) is 83.9 cm³/mol. The van der Waals surface area contributed by atoms with Crippen LogP contribution in [0, 0.1) is 0 Å². The molecule has 21 heavy (non-hydrogen) atoms. The van der Waals surface area contributed by atoms with Crippen molar-refractivity contribution in [2.75, 3.05) is 13.1 Å². The van der Waals surface area contributed by atoms with Crippen molar-refractivity contribution in [2.24, 2.45) is 4.99 Å². The van der Waals surface area contributed by atoms with Crippen LogP contribution in [0.15, 0.2) is 15.9 Å². The van der Waals surface area contributed by atoms with Crippen LogP contribution in [0.1, 0.15) is 35.0 Å². The summed E-state index contributed by atoms with van der Waals surface area (Å²) in [6.45, 7) is 1.94. The summed E-state index contributed by atoms with van der Waals surface area (Å²) in [6.07, 6.45) is 5.55. The Hall–Kier alpha value is -1.60. The lowest BCUT2D eigenvalue weighted by Crippen LogP contribution is -2.29. The lowest BCUT2D eigenvalue weighted by Gasteiger charge is -2.22. The fourth-order valence-electron chi connectivity index (χ4n) is 3.05. The van der Waals surface area contributed by atoms with E-state index in [2.05, 4.69) is 36.3 Å². The number of rotatable bonds is 1. The summed E-state index contributed by atoms with van der Waals surface area (Å²) in [5, 5.41) is 8.86. The number of hydrogen-bond acceptors (Lipinski definition) is 5. The van der Waals surface area contributed by atoms with Gasteiger partial charge in [-0.1, -0.05) is 15.9 Å². The molecule has 1 fully saturated rings. The quantitative estimate of drug-likeness (QED) is 0.764. The lowest BCUT2D eigenvalue weighted by molar-refractivity contribution is 0.446. The zero-order valence-corrected chi connectivity index (χ0v) is 12.9. The van der Waals surface area contributed by atoms with Gasteiger partial charge in [0.2, 0.25) is 0 Å². The van der Waals surface area contributed by atoms with Crippen LogP contribution in [0.2, 0.25) is 0 Å². The molecule has 0 radical (unpaired) electrons. The molecule has 2 aromatic rings. The molecular weight excluding hydrogens is 334 g/mol. The van der Waals surface area contributed by atoms with E-state index < -0.39 is 0 Å². The predicted octanol–water partition coefficient (Wildman–Crippen LogP) is 0.534. The van der Waals surface area contributed by atoms with E-state index in [-0.39, 0.29) is 10.4 Å². The fourth-order valence-corrected chi connectivity index (χ4v) is 3.52. The first kappa shape index (κ1) is 13.1. The summed E-state index contributed by atoms with van der Waals surface area (Å²) < 4.78 is 1.83. The molecule has 0 aromatic carbocycles. The van der Waals surface area contributed by atoms with E-state index in [0.717, 1.165) is 42.5 Å². The Bertz CT molecular complexity index is 837. The van der Waals surface area contributed by atoms with Crippen molar-refractivity contribution in [3.8, 4) is 0 Å². The van der Waals surface area contributed by atoms with Crippen LogP contribution in [0.5, 0.6) is 0 Å². The largest absolute Gasteiger partial charge is 0.317 e. The van der Waals surface area contributed by atoms with Crippen LogP contribution in [0.25, 0.3) is 11.8 Å². The van der Waals surface area contributed by atoms with Crippen LogP contribution in [-0.4, -0.2) is 33.9 Å². The van der Waals surface area contributed by atoms with Gasteiger partial charge in [0.1, 0.15) is 0 Å². The van der Waals surface area contributed by atoms with E-state index in [1.165, 1.54) is 0 Å². The molecule has 1 saturated heterocycles. The molecule has 108 valence electrons. The van der Waals surface area contributed by atoms with E-state index in [1.54, 1.807) is 18.5 Å². The molecule has 2 aliphatic heterocycles. The Morgan fingerprint density at radius 3 is 2.95 bits per heavy atom. The van der Waals surface area contributed by atoms with E-state index >= 15 is 0 Å². The van der Waals surface area contributed by atoms with Crippen LogP contribution in [0.3, 0.4) is 0 Å². The highest BCUT2D eigenvalue weighted by atomic mass is 79.9. The molecule has 4 rings (SSSR count). The van der Waals surface area contributed by atoms with Crippen LogP contribution >= 0.6 is 15.9 Å². The smallest absolute Gasteiger partial charge is 0.273 e. The standard InChI is InChI=1S/C14H14BrN5O/c15-10-7-17-6-9-13(10)19-20-11(5-12(21)18-14(9)20)8-1-3-16-4-2-8/h5-8,10,16H,1-4H2. The molecule has 2 aromatic heterocycles. The first-order valence-electron chi connectivity index (χ1n) is 7.06. The van der Waals surface area contributed by atoms with Gasteiger partial charge in [0.15, 0.2) is 5.65 Å². The number of halogens is 1. The summed E-state index contributed by atoms with van der Waals surface area (Å²) >= 11 is 3.54. The normalized spacial score (nSPS) is 22.2. The second kappa shape index (κ2) is 4.99. The molecular formula is C14H14BrN5O. The van der Waals surface area contributed by atoms with E-state index in [1.807, 2.05) is 4.52 Å². The Balaban J connectivity index is 1.98. The molecule has 7 heteroatoms. The van der Waals surface area contributed by atoms with Crippen LogP contribution in [0.4, 0.5) is 0 Å². The van der Waals surface area contributed by atoms with Gasteiger partial charge in [0, 0.05) is 24.4 Å². The van der Waals surface area contributed by atoms with Crippen molar-refractivity contribution in [3.63, 3.8) is 0 Å². The molecule has 1 N–H and O–H groups in total. The minimum absolute atomic E-state index is 0.0322. The summed E-state index contributed by atoms with van der Waals surface area (Å²) in [5.41, 5.74) is 2.26. The molecule has 2 aliphatic rings. The number of aromatic nitrogens is 3. The van der Waals surface area contributed by atoms with Gasteiger partial charge >= 0.3 is 0 Å². The highest BCUT2D eigenvalue weighted by Gasteiger charge is 2.23. The number of nitrogens with one attached hydrogen (secondary N) is 1. The van der Waals surface area contributed by atoms with Gasteiger partial charge in [-0.15, -0.1) is 0 Å². The van der Waals surface area contributed by atoms with Crippen molar-refractivity contribution < 1.29 is 0 Å². The van der Waals surface area contributed by atoms with Gasteiger partial charge in [-0.25, -0.2) is 4.52 Å². The fraction of sp³-hybridized carbons (Fsp3) is 0.429. The molecule has 0 spiro atoms. The molecule has 0 bridgehead atoms. The number of alkyl halides is 1. The average Bonchev–Trinajstić information content (AvgIpc) is 2.88. The number of aliphatic imine (C=N–C) groups is 1. The van der Waals surface area contributed by atoms with Crippen LogP contribution < -0.4 is 16.1 Å². The second-order valence-corrected chi connectivity index (χ2v) is 6.39. The maximum Gasteiger partial charge on any atom is 0.273 e. The Kier molecular flexibility index (Phi) is 3.11. The summed E-state index contributed by atoms with van der Waals surface area (Å²) in [5.74, 6) is 0.348. The Morgan fingerprint density at radius 1 is 1.33 bits per heavy atom. The highest BCUT2D eigenvalue weighted by Crippen LogP contribution is 2.25. The van der Waals surface area contributed by atoms with Gasteiger partial charge in [0.25, 0.3) is 5.56 Å². The maximum atomic E-state index is 12.0. The van der Waals surface area contributed by atoms with Gasteiger partial charge in [-0.3, -0.25) is 9.79 Å². The summed E-state index contributed by atoms with van der Waals surface area (Å²) in [7, 11) is 0. The minimum atomic E-state index is -0.201. The first-order chi connectivity index (χ1) is 10.2. The van der Waals surface area contributed by atoms with E-state index in [9.17, 15) is 4.79 Å². The SMILES string of the molecule is O=c1cc(C2CCNCC2)n2nc3c(c2n1)=CN=CC3Br. The lowest BCUT2D eigenvalue weighted by atomic mass is 9.94. The number of nitrogens with zero attached hydrogens (tertiary/aromatic N) is 4. The first-order valence-corrected chi connectivity index (χ1v) is 7.97. The number of fused-ring (bicyclic) bond motifs is 3. The molecule has 0 saturated carbocycles. The molecule has 1 atom stereocenters. The van der Waals surface area contributed by atoms with Crippen molar-refractivity contribution >= 4 is 34.0 Å². The third kappa shape index (κ3) is 2.11. The number of hydrogen-bond donors (Lipinski definition) is 1. The topological polar surface area (TPSA) is 71.7 Å². The van der Waals surface area contributed by atoms with Gasteiger partial charge in [-0.05, 0) is 25.9 Å². The summed E-state index contributed by atoms with van der Waals surface area (Å²) in [4.78, 5) is 20.3.